The van der Waals surface area contributed by atoms with Crippen LogP contribution in [0.3, 0.4) is 0 Å². The largest absolute Gasteiger partial charge is 0.480 e. The fraction of sp³-hybridized carbons (Fsp3) is 0.714. The third kappa shape index (κ3) is 2.31. The molecule has 0 fully saturated rings. The number of Topliss-reactive ketones (excluding diaryl/α,β-unsaturated/α-hetero) is 1. The molecule has 0 aromatic carbocycles. The van der Waals surface area contributed by atoms with Crippen molar-refractivity contribution >= 4 is 11.8 Å². The van der Waals surface area contributed by atoms with E-state index in [9.17, 15) is 9.59 Å². The van der Waals surface area contributed by atoms with Gasteiger partial charge in [-0.15, -0.1) is 0 Å². The summed E-state index contributed by atoms with van der Waals surface area (Å²) in [6.45, 7) is 3.02. The average molecular weight is 159 g/mol. The van der Waals surface area contributed by atoms with Gasteiger partial charge >= 0.3 is 5.97 Å². The minimum absolute atomic E-state index is 0.222. The molecule has 0 aromatic rings. The van der Waals surface area contributed by atoms with Crippen LogP contribution in [-0.2, 0) is 9.59 Å². The van der Waals surface area contributed by atoms with Crippen LogP contribution in [0.25, 0.3) is 0 Å². The van der Waals surface area contributed by atoms with Crippen LogP contribution in [0.2, 0.25) is 0 Å². The fourth-order valence-electron chi connectivity index (χ4n) is 0.606. The maximum atomic E-state index is 11.0. The molecule has 64 valence electrons. The first-order valence-electron chi connectivity index (χ1n) is 3.48. The van der Waals surface area contributed by atoms with Crippen LogP contribution >= 0.6 is 0 Å². The van der Waals surface area contributed by atoms with Gasteiger partial charge in [-0.05, 0) is 13.3 Å². The molecule has 4 nitrogen and oxygen atoms in total. The number of carbonyl (C=O) groups excluding carboxylic acids is 1. The molecule has 0 amide bonds. The summed E-state index contributed by atoms with van der Waals surface area (Å²) in [6, 6.07) is 0. The van der Waals surface area contributed by atoms with E-state index in [0.717, 1.165) is 0 Å². The van der Waals surface area contributed by atoms with E-state index in [0.29, 0.717) is 6.42 Å². The standard InChI is InChI=1S/C7H13NO3/c1-3-4-5(9)7(2,8)6(10)11/h3-4,8H2,1-2H3,(H,10,11)/t7-/m0/s1. The first kappa shape index (κ1) is 10.1. The Morgan fingerprint density at radius 2 is 2.00 bits per heavy atom. The predicted molar refractivity (Wildman–Crippen MR) is 40.1 cm³/mol. The van der Waals surface area contributed by atoms with Crippen molar-refractivity contribution in [1.82, 2.24) is 0 Å². The lowest BCUT2D eigenvalue weighted by Crippen LogP contribution is -2.52. The van der Waals surface area contributed by atoms with E-state index in [-0.39, 0.29) is 6.42 Å². The van der Waals surface area contributed by atoms with Crippen LogP contribution in [0.15, 0.2) is 0 Å². The van der Waals surface area contributed by atoms with E-state index in [2.05, 4.69) is 0 Å². The van der Waals surface area contributed by atoms with Gasteiger partial charge < -0.3 is 10.8 Å². The van der Waals surface area contributed by atoms with E-state index in [1.807, 2.05) is 0 Å². The summed E-state index contributed by atoms with van der Waals surface area (Å²) in [5, 5.41) is 8.49. The molecule has 0 aliphatic carbocycles. The van der Waals surface area contributed by atoms with Gasteiger partial charge in [-0.3, -0.25) is 4.79 Å². The number of carboxylic acid groups (broad SMARTS) is 1. The second-order valence-electron chi connectivity index (χ2n) is 2.68. The van der Waals surface area contributed by atoms with Crippen LogP contribution < -0.4 is 5.73 Å². The topological polar surface area (TPSA) is 80.4 Å². The molecule has 1 atom stereocenters. The van der Waals surface area contributed by atoms with E-state index < -0.39 is 17.3 Å². The number of ketones is 1. The third-order valence-electron chi connectivity index (χ3n) is 1.50. The van der Waals surface area contributed by atoms with E-state index in [1.54, 1.807) is 6.92 Å². The highest BCUT2D eigenvalue weighted by Gasteiger charge is 2.35. The highest BCUT2D eigenvalue weighted by Crippen LogP contribution is 2.05. The molecular weight excluding hydrogens is 146 g/mol. The summed E-state index contributed by atoms with van der Waals surface area (Å²) < 4.78 is 0. The van der Waals surface area contributed by atoms with Gasteiger partial charge in [0, 0.05) is 6.42 Å². The monoisotopic (exact) mass is 159 g/mol. The van der Waals surface area contributed by atoms with Gasteiger partial charge in [-0.2, -0.15) is 0 Å². The Kier molecular flexibility index (Phi) is 3.19. The van der Waals surface area contributed by atoms with Crippen molar-refractivity contribution < 1.29 is 14.7 Å². The molecule has 11 heavy (non-hydrogen) atoms. The zero-order chi connectivity index (χ0) is 9.07. The minimum atomic E-state index is -1.71. The number of rotatable bonds is 4. The highest BCUT2D eigenvalue weighted by molar-refractivity contribution is 6.06. The third-order valence-corrected chi connectivity index (χ3v) is 1.50. The number of nitrogens with two attached hydrogens (primary N) is 1. The Balaban J connectivity index is 4.30. The van der Waals surface area contributed by atoms with E-state index >= 15 is 0 Å². The fourth-order valence-corrected chi connectivity index (χ4v) is 0.606. The molecule has 3 N–H and O–H groups in total. The summed E-state index contributed by atoms with van der Waals surface area (Å²) in [5.74, 6) is -1.69. The van der Waals surface area contributed by atoms with Gasteiger partial charge in [0.25, 0.3) is 0 Å². The van der Waals surface area contributed by atoms with E-state index in [1.165, 1.54) is 6.92 Å². The highest BCUT2D eigenvalue weighted by atomic mass is 16.4. The Morgan fingerprint density at radius 3 is 2.27 bits per heavy atom. The van der Waals surface area contributed by atoms with Gasteiger partial charge in [0.1, 0.15) is 0 Å². The number of hydrogen-bond donors (Lipinski definition) is 2. The van der Waals surface area contributed by atoms with Crippen molar-refractivity contribution in [3.8, 4) is 0 Å². The molecule has 0 rings (SSSR count). The Bertz CT molecular complexity index is 175. The summed E-state index contributed by atoms with van der Waals surface area (Å²) in [5.41, 5.74) is 3.53. The molecule has 0 unspecified atom stereocenters. The number of hydrogen-bond acceptors (Lipinski definition) is 3. The van der Waals surface area contributed by atoms with Crippen molar-refractivity contribution in [1.29, 1.82) is 0 Å². The zero-order valence-electron chi connectivity index (χ0n) is 6.76. The second-order valence-corrected chi connectivity index (χ2v) is 2.68. The zero-order valence-corrected chi connectivity index (χ0v) is 6.76. The van der Waals surface area contributed by atoms with Gasteiger partial charge in [0.05, 0.1) is 0 Å². The molecule has 0 spiro atoms. The van der Waals surface area contributed by atoms with Gasteiger partial charge in [-0.25, -0.2) is 4.79 Å². The number of carbonyl (C=O) groups is 2. The normalized spacial score (nSPS) is 15.5. The quantitative estimate of drug-likeness (QED) is 0.572. The van der Waals surface area contributed by atoms with E-state index in [4.69, 9.17) is 10.8 Å². The van der Waals surface area contributed by atoms with Crippen LogP contribution in [0.5, 0.6) is 0 Å². The van der Waals surface area contributed by atoms with Gasteiger partial charge in [0.2, 0.25) is 0 Å². The lowest BCUT2D eigenvalue weighted by molar-refractivity contribution is -0.147. The molecular formula is C7H13NO3. The van der Waals surface area contributed by atoms with Crippen molar-refractivity contribution in [2.75, 3.05) is 0 Å². The molecule has 0 bridgehead atoms. The van der Waals surface area contributed by atoms with Gasteiger partial charge in [0.15, 0.2) is 11.3 Å². The lowest BCUT2D eigenvalue weighted by atomic mass is 9.95. The first-order chi connectivity index (χ1) is 4.92. The molecule has 4 heteroatoms. The Labute approximate surface area is 65.4 Å². The van der Waals surface area contributed by atoms with Crippen molar-refractivity contribution in [2.24, 2.45) is 5.73 Å². The maximum Gasteiger partial charge on any atom is 0.331 e. The lowest BCUT2D eigenvalue weighted by Gasteiger charge is -2.16. The maximum absolute atomic E-state index is 11.0. The minimum Gasteiger partial charge on any atom is -0.480 e. The van der Waals surface area contributed by atoms with Crippen LogP contribution in [0.1, 0.15) is 26.7 Å². The molecule has 0 saturated carbocycles. The van der Waals surface area contributed by atoms with Crippen molar-refractivity contribution in [2.45, 2.75) is 32.2 Å². The van der Waals surface area contributed by atoms with Gasteiger partial charge in [-0.1, -0.05) is 6.92 Å². The molecule has 0 radical (unpaired) electrons. The number of carboxylic acids is 1. The Hall–Kier alpha value is -0.900. The smallest absolute Gasteiger partial charge is 0.331 e. The first-order valence-corrected chi connectivity index (χ1v) is 3.48. The summed E-state index contributed by atoms with van der Waals surface area (Å²) >= 11 is 0. The molecule has 0 aliphatic rings. The molecule has 0 aliphatic heterocycles. The Morgan fingerprint density at radius 1 is 1.55 bits per heavy atom. The van der Waals surface area contributed by atoms with Crippen LogP contribution in [0.4, 0.5) is 0 Å². The van der Waals surface area contributed by atoms with Crippen molar-refractivity contribution in [3.63, 3.8) is 0 Å². The van der Waals surface area contributed by atoms with Crippen LogP contribution in [-0.4, -0.2) is 22.4 Å². The van der Waals surface area contributed by atoms with Crippen molar-refractivity contribution in [3.05, 3.63) is 0 Å². The predicted octanol–water partition coefficient (Wildman–Crippen LogP) is 0.158. The SMILES string of the molecule is CCCC(=O)[C@](C)(N)C(=O)O. The summed E-state index contributed by atoms with van der Waals surface area (Å²) in [7, 11) is 0. The molecule has 0 saturated heterocycles. The second kappa shape index (κ2) is 3.48. The molecule has 0 heterocycles. The summed E-state index contributed by atoms with van der Waals surface area (Å²) in [6.07, 6.45) is 0.845. The average Bonchev–Trinajstić information content (AvgIpc) is 1.88. The number of aliphatic carboxylic acids is 1. The molecule has 0 aromatic heterocycles. The van der Waals surface area contributed by atoms with Crippen LogP contribution in [0, 0.1) is 0 Å². The summed E-state index contributed by atoms with van der Waals surface area (Å²) in [4.78, 5) is 21.4.